The Labute approximate surface area is 250 Å². The third-order valence-electron chi connectivity index (χ3n) is 5.97. The average molecular weight is 595 g/mol. The lowest BCUT2D eigenvalue weighted by atomic mass is 10.1. The summed E-state index contributed by atoms with van der Waals surface area (Å²) in [7, 11) is 0. The van der Waals surface area contributed by atoms with Gasteiger partial charge in [0.15, 0.2) is 0 Å². The first kappa shape index (κ1) is 40.1. The van der Waals surface area contributed by atoms with Gasteiger partial charge in [-0.25, -0.2) is 0 Å². The van der Waals surface area contributed by atoms with Gasteiger partial charge in [0.1, 0.15) is 6.61 Å². The van der Waals surface area contributed by atoms with Gasteiger partial charge in [0.2, 0.25) is 0 Å². The van der Waals surface area contributed by atoms with E-state index in [1.165, 1.54) is 44.9 Å². The van der Waals surface area contributed by atoms with Crippen molar-refractivity contribution < 1.29 is 47.4 Å². The number of esters is 1. The highest BCUT2D eigenvalue weighted by Gasteiger charge is 2.02. The minimum atomic E-state index is -0.138. The molecule has 41 heavy (non-hydrogen) atoms. The Morgan fingerprint density at radius 1 is 0.341 bits per heavy atom. The Bertz CT molecular complexity index is 496. The van der Waals surface area contributed by atoms with Gasteiger partial charge in [0.05, 0.1) is 99.1 Å². The summed E-state index contributed by atoms with van der Waals surface area (Å²) in [6.45, 7) is 13.4. The third-order valence-corrected chi connectivity index (χ3v) is 5.97. The molecule has 0 amide bonds. The lowest BCUT2D eigenvalue weighted by molar-refractivity contribution is -0.145. The lowest BCUT2D eigenvalue weighted by Crippen LogP contribution is -2.15. The molecule has 0 aromatic carbocycles. The Hall–Kier alpha value is -0.850. The van der Waals surface area contributed by atoms with Crippen molar-refractivity contribution in [1.29, 1.82) is 0 Å². The maximum absolute atomic E-state index is 11.6. The molecule has 0 saturated heterocycles. The Balaban J connectivity index is 3.09. The second-order valence-corrected chi connectivity index (χ2v) is 9.70. The molecule has 0 heterocycles. The summed E-state index contributed by atoms with van der Waals surface area (Å²) in [5, 5.41) is 0. The first-order chi connectivity index (χ1) is 20.3. The van der Waals surface area contributed by atoms with Crippen molar-refractivity contribution in [2.45, 2.75) is 84.5 Å². The van der Waals surface area contributed by atoms with Crippen LogP contribution in [0.25, 0.3) is 0 Å². The molecule has 0 aliphatic rings. The molecule has 0 aromatic rings. The summed E-state index contributed by atoms with van der Waals surface area (Å²) >= 11 is 0. The zero-order valence-electron chi connectivity index (χ0n) is 26.4. The number of hydrogen-bond donors (Lipinski definition) is 0. The Morgan fingerprint density at radius 2 is 0.634 bits per heavy atom. The van der Waals surface area contributed by atoms with Crippen LogP contribution >= 0.6 is 0 Å². The summed E-state index contributed by atoms with van der Waals surface area (Å²) in [5.74, 6) is -0.138. The van der Waals surface area contributed by atoms with E-state index in [0.717, 1.165) is 25.9 Å². The fourth-order valence-corrected chi connectivity index (χ4v) is 3.61. The summed E-state index contributed by atoms with van der Waals surface area (Å²) in [4.78, 5) is 11.6. The number of rotatable bonds is 36. The first-order valence-electron chi connectivity index (χ1n) is 16.1. The standard InChI is InChI=1S/C31H62O10/c1-3-5-7-9-10-11-13-31(32)41-30-29-40-28-27-39-26-25-38-24-23-37-22-21-36-20-19-35-18-17-34-16-15-33-14-12-8-6-4-2/h3-30H2,1-2H3. The molecule has 10 heteroatoms. The zero-order valence-corrected chi connectivity index (χ0v) is 26.4. The number of carbonyl (C=O) groups is 1. The van der Waals surface area contributed by atoms with Crippen molar-refractivity contribution in [3.63, 3.8) is 0 Å². The third kappa shape index (κ3) is 37.1. The number of ether oxygens (including phenoxy) is 9. The minimum absolute atomic E-state index is 0.138. The summed E-state index contributed by atoms with van der Waals surface area (Å²) in [5.41, 5.74) is 0. The number of unbranched alkanes of at least 4 members (excludes halogenated alkanes) is 8. The van der Waals surface area contributed by atoms with E-state index in [0.29, 0.717) is 112 Å². The van der Waals surface area contributed by atoms with Crippen LogP contribution < -0.4 is 0 Å². The van der Waals surface area contributed by atoms with Crippen LogP contribution in [-0.4, -0.2) is 118 Å². The van der Waals surface area contributed by atoms with Crippen molar-refractivity contribution >= 4 is 5.97 Å². The Kier molecular flexibility index (Phi) is 36.4. The normalized spacial score (nSPS) is 11.4. The van der Waals surface area contributed by atoms with Gasteiger partial charge < -0.3 is 42.6 Å². The van der Waals surface area contributed by atoms with Crippen molar-refractivity contribution in [1.82, 2.24) is 0 Å². The topological polar surface area (TPSA) is 100 Å². The monoisotopic (exact) mass is 594 g/mol. The molecule has 0 bridgehead atoms. The average Bonchev–Trinajstić information content (AvgIpc) is 2.98. The van der Waals surface area contributed by atoms with Gasteiger partial charge in [0, 0.05) is 13.0 Å². The smallest absolute Gasteiger partial charge is 0.305 e. The molecule has 0 unspecified atom stereocenters. The van der Waals surface area contributed by atoms with Crippen LogP contribution in [0.15, 0.2) is 0 Å². The van der Waals surface area contributed by atoms with Gasteiger partial charge in [0.25, 0.3) is 0 Å². The van der Waals surface area contributed by atoms with Crippen molar-refractivity contribution in [2.75, 3.05) is 112 Å². The molecule has 0 aromatic heterocycles. The van der Waals surface area contributed by atoms with Gasteiger partial charge in [-0.2, -0.15) is 0 Å². The minimum Gasteiger partial charge on any atom is -0.463 e. The molecule has 0 fully saturated rings. The summed E-state index contributed by atoms with van der Waals surface area (Å²) in [6.07, 6.45) is 12.4. The van der Waals surface area contributed by atoms with Crippen LogP contribution in [0.4, 0.5) is 0 Å². The van der Waals surface area contributed by atoms with E-state index in [-0.39, 0.29) is 5.97 Å². The second-order valence-electron chi connectivity index (χ2n) is 9.70. The molecule has 246 valence electrons. The van der Waals surface area contributed by atoms with E-state index >= 15 is 0 Å². The summed E-state index contributed by atoms with van der Waals surface area (Å²) in [6, 6.07) is 0. The van der Waals surface area contributed by atoms with Crippen molar-refractivity contribution in [3.05, 3.63) is 0 Å². The van der Waals surface area contributed by atoms with Gasteiger partial charge in [-0.15, -0.1) is 0 Å². The molecule has 0 radical (unpaired) electrons. The fraction of sp³-hybridized carbons (Fsp3) is 0.968. The predicted octanol–water partition coefficient (Wildman–Crippen LogP) is 4.99. The van der Waals surface area contributed by atoms with Gasteiger partial charge in [-0.05, 0) is 12.8 Å². The molecule has 0 atom stereocenters. The van der Waals surface area contributed by atoms with Gasteiger partial charge in [-0.3, -0.25) is 4.79 Å². The SMILES string of the molecule is CCCCCCCCC(=O)OCCOCCOCCOCCOCCOCCOCCOCCOCCCCCC. The quantitative estimate of drug-likeness (QED) is 0.0728. The summed E-state index contributed by atoms with van der Waals surface area (Å²) < 4.78 is 48.9. The van der Waals surface area contributed by atoms with Crippen LogP contribution in [0, 0.1) is 0 Å². The lowest BCUT2D eigenvalue weighted by Gasteiger charge is -2.09. The predicted molar refractivity (Wildman–Crippen MR) is 160 cm³/mol. The van der Waals surface area contributed by atoms with Crippen LogP contribution in [0.3, 0.4) is 0 Å². The molecule has 0 spiro atoms. The highest BCUT2D eigenvalue weighted by atomic mass is 16.6. The zero-order chi connectivity index (χ0) is 29.7. The van der Waals surface area contributed by atoms with E-state index in [9.17, 15) is 4.79 Å². The number of carbonyl (C=O) groups excluding carboxylic acids is 1. The maximum atomic E-state index is 11.6. The number of hydrogen-bond acceptors (Lipinski definition) is 10. The molecule has 0 rings (SSSR count). The molecule has 0 aliphatic heterocycles. The van der Waals surface area contributed by atoms with Crippen LogP contribution in [0.2, 0.25) is 0 Å². The van der Waals surface area contributed by atoms with E-state index in [1.807, 2.05) is 0 Å². The van der Waals surface area contributed by atoms with E-state index in [4.69, 9.17) is 42.6 Å². The van der Waals surface area contributed by atoms with Crippen molar-refractivity contribution in [3.8, 4) is 0 Å². The molecular formula is C31H62O10. The van der Waals surface area contributed by atoms with Crippen LogP contribution in [0.1, 0.15) is 84.5 Å². The molecule has 0 N–H and O–H groups in total. The Morgan fingerprint density at radius 3 is 1.02 bits per heavy atom. The molecule has 10 nitrogen and oxygen atoms in total. The largest absolute Gasteiger partial charge is 0.463 e. The van der Waals surface area contributed by atoms with Gasteiger partial charge in [-0.1, -0.05) is 65.2 Å². The fourth-order valence-electron chi connectivity index (χ4n) is 3.61. The van der Waals surface area contributed by atoms with Crippen LogP contribution in [-0.2, 0) is 47.4 Å². The molecule has 0 saturated carbocycles. The maximum Gasteiger partial charge on any atom is 0.305 e. The van der Waals surface area contributed by atoms with E-state index < -0.39 is 0 Å². The molecule has 0 aliphatic carbocycles. The molecular weight excluding hydrogens is 532 g/mol. The van der Waals surface area contributed by atoms with E-state index in [2.05, 4.69) is 13.8 Å². The highest BCUT2D eigenvalue weighted by Crippen LogP contribution is 2.07. The van der Waals surface area contributed by atoms with E-state index in [1.54, 1.807) is 0 Å². The highest BCUT2D eigenvalue weighted by molar-refractivity contribution is 5.69. The van der Waals surface area contributed by atoms with Crippen molar-refractivity contribution in [2.24, 2.45) is 0 Å². The first-order valence-corrected chi connectivity index (χ1v) is 16.1. The van der Waals surface area contributed by atoms with Crippen LogP contribution in [0.5, 0.6) is 0 Å². The second kappa shape index (κ2) is 37.2. The van der Waals surface area contributed by atoms with Gasteiger partial charge >= 0.3 is 5.97 Å².